The van der Waals surface area contributed by atoms with Gasteiger partial charge in [-0.3, -0.25) is 4.90 Å². The number of hydrogen-bond donors (Lipinski definition) is 2. The van der Waals surface area contributed by atoms with E-state index < -0.39 is 0 Å². The van der Waals surface area contributed by atoms with Gasteiger partial charge in [0.05, 0.1) is 0 Å². The minimum atomic E-state index is -0.0832. The van der Waals surface area contributed by atoms with Crippen LogP contribution in [0.1, 0.15) is 43.2 Å². The minimum Gasteiger partial charge on any atom is -0.335 e. The molecule has 4 nitrogen and oxygen atoms in total. The van der Waals surface area contributed by atoms with Crippen molar-refractivity contribution in [1.29, 1.82) is 0 Å². The molecule has 2 heterocycles. The number of amides is 2. The average Bonchev–Trinajstić information content (AvgIpc) is 2.63. The largest absolute Gasteiger partial charge is 0.335 e. The van der Waals surface area contributed by atoms with E-state index in [4.69, 9.17) is 0 Å². The standard InChI is InChI=1S/C23H29N3O/c1-17-7-5-10-19(13-17)24-23(27)25-20-14-21-11-6-12-22(15-20)26(21)16-18-8-3-2-4-9-18/h2-5,7-10,13,20-22H,6,11-12,14-16H2,1H3,(H2,24,25,27). The number of nitrogens with one attached hydrogen (secondary N) is 2. The fourth-order valence-electron chi connectivity index (χ4n) is 4.72. The molecule has 27 heavy (non-hydrogen) atoms. The van der Waals surface area contributed by atoms with Crippen LogP contribution in [0.2, 0.25) is 0 Å². The number of carbonyl (C=O) groups is 1. The van der Waals surface area contributed by atoms with Crippen LogP contribution in [0, 0.1) is 6.92 Å². The van der Waals surface area contributed by atoms with E-state index in [-0.39, 0.29) is 12.1 Å². The van der Waals surface area contributed by atoms with Gasteiger partial charge in [0.2, 0.25) is 0 Å². The predicted molar refractivity (Wildman–Crippen MR) is 110 cm³/mol. The summed E-state index contributed by atoms with van der Waals surface area (Å²) in [5.41, 5.74) is 3.39. The molecule has 2 aliphatic rings. The summed E-state index contributed by atoms with van der Waals surface area (Å²) in [4.78, 5) is 15.1. The van der Waals surface area contributed by atoms with Crippen molar-refractivity contribution >= 4 is 11.7 Å². The summed E-state index contributed by atoms with van der Waals surface area (Å²) in [6, 6.07) is 20.0. The second-order valence-corrected chi connectivity index (χ2v) is 8.03. The van der Waals surface area contributed by atoms with Crippen LogP contribution < -0.4 is 10.6 Å². The summed E-state index contributed by atoms with van der Waals surface area (Å²) < 4.78 is 0. The molecule has 2 aromatic carbocycles. The third kappa shape index (κ3) is 4.51. The first-order chi connectivity index (χ1) is 13.2. The highest BCUT2D eigenvalue weighted by atomic mass is 16.2. The number of piperidine rings is 2. The molecule has 0 aliphatic carbocycles. The van der Waals surface area contributed by atoms with Gasteiger partial charge >= 0.3 is 6.03 Å². The molecule has 2 aromatic rings. The summed E-state index contributed by atoms with van der Waals surface area (Å²) in [6.07, 6.45) is 5.87. The van der Waals surface area contributed by atoms with Crippen molar-refractivity contribution in [2.24, 2.45) is 0 Å². The van der Waals surface area contributed by atoms with Crippen molar-refractivity contribution in [3.63, 3.8) is 0 Å². The van der Waals surface area contributed by atoms with Crippen molar-refractivity contribution in [3.05, 3.63) is 65.7 Å². The Kier molecular flexibility index (Phi) is 5.44. The van der Waals surface area contributed by atoms with Gasteiger partial charge in [-0.1, -0.05) is 48.9 Å². The van der Waals surface area contributed by atoms with Crippen LogP contribution in [-0.4, -0.2) is 29.1 Å². The van der Waals surface area contributed by atoms with E-state index in [0.29, 0.717) is 12.1 Å². The Labute approximate surface area is 162 Å². The molecular weight excluding hydrogens is 334 g/mol. The Bertz CT molecular complexity index is 762. The maximum absolute atomic E-state index is 12.4. The highest BCUT2D eigenvalue weighted by Crippen LogP contribution is 2.35. The molecule has 142 valence electrons. The zero-order valence-electron chi connectivity index (χ0n) is 16.0. The van der Waals surface area contributed by atoms with Gasteiger partial charge in [-0.25, -0.2) is 4.79 Å². The van der Waals surface area contributed by atoms with Crippen LogP contribution in [-0.2, 0) is 6.54 Å². The summed E-state index contributed by atoms with van der Waals surface area (Å²) in [5, 5.41) is 6.21. The van der Waals surface area contributed by atoms with Crippen LogP contribution in [0.3, 0.4) is 0 Å². The second kappa shape index (κ2) is 8.13. The van der Waals surface area contributed by atoms with E-state index in [9.17, 15) is 4.79 Å². The van der Waals surface area contributed by atoms with E-state index >= 15 is 0 Å². The van der Waals surface area contributed by atoms with Gasteiger partial charge in [-0.2, -0.15) is 0 Å². The fourth-order valence-corrected chi connectivity index (χ4v) is 4.72. The number of benzene rings is 2. The van der Waals surface area contributed by atoms with E-state index in [0.717, 1.165) is 30.6 Å². The van der Waals surface area contributed by atoms with E-state index in [2.05, 4.69) is 45.9 Å². The fraction of sp³-hybridized carbons (Fsp3) is 0.435. The third-order valence-corrected chi connectivity index (χ3v) is 5.95. The van der Waals surface area contributed by atoms with Crippen LogP contribution in [0.15, 0.2) is 54.6 Å². The normalized spacial score (nSPS) is 25.0. The van der Waals surface area contributed by atoms with Gasteiger partial charge < -0.3 is 10.6 Å². The van der Waals surface area contributed by atoms with Gasteiger partial charge in [-0.05, 0) is 55.9 Å². The summed E-state index contributed by atoms with van der Waals surface area (Å²) in [7, 11) is 0. The monoisotopic (exact) mass is 363 g/mol. The Morgan fingerprint density at radius 3 is 2.48 bits per heavy atom. The number of fused-ring (bicyclic) bond motifs is 2. The SMILES string of the molecule is Cc1cccc(NC(=O)NC2CC3CCCC(C2)N3Cc2ccccc2)c1. The molecule has 4 heteroatoms. The minimum absolute atomic E-state index is 0.0832. The van der Waals surface area contributed by atoms with E-state index in [1.54, 1.807) is 0 Å². The van der Waals surface area contributed by atoms with E-state index in [1.165, 1.54) is 24.8 Å². The Hall–Kier alpha value is -2.33. The van der Waals surface area contributed by atoms with Crippen LogP contribution in [0.5, 0.6) is 0 Å². The number of carbonyl (C=O) groups excluding carboxylic acids is 1. The molecule has 2 atom stereocenters. The first kappa shape index (κ1) is 18.1. The molecule has 2 unspecified atom stereocenters. The topological polar surface area (TPSA) is 44.4 Å². The van der Waals surface area contributed by atoms with Gasteiger partial charge in [0.1, 0.15) is 0 Å². The molecule has 4 rings (SSSR count). The molecular formula is C23H29N3O. The quantitative estimate of drug-likeness (QED) is 0.827. The molecule has 0 aromatic heterocycles. The zero-order valence-corrected chi connectivity index (χ0v) is 16.0. The van der Waals surface area contributed by atoms with Gasteiger partial charge in [0, 0.05) is 30.4 Å². The molecule has 2 amide bonds. The van der Waals surface area contributed by atoms with Gasteiger partial charge in [-0.15, -0.1) is 0 Å². The molecule has 2 bridgehead atoms. The lowest BCUT2D eigenvalue weighted by Crippen LogP contribution is -2.56. The Morgan fingerprint density at radius 1 is 1.04 bits per heavy atom. The number of hydrogen-bond acceptors (Lipinski definition) is 2. The van der Waals surface area contributed by atoms with Crippen molar-refractivity contribution < 1.29 is 4.79 Å². The lowest BCUT2D eigenvalue weighted by atomic mass is 9.81. The Balaban J connectivity index is 1.36. The van der Waals surface area contributed by atoms with Crippen LogP contribution in [0.4, 0.5) is 10.5 Å². The number of anilines is 1. The smallest absolute Gasteiger partial charge is 0.319 e. The number of urea groups is 1. The molecule has 2 saturated heterocycles. The molecule has 2 aliphatic heterocycles. The number of aryl methyl sites for hydroxylation is 1. The molecule has 2 N–H and O–H groups in total. The zero-order chi connectivity index (χ0) is 18.6. The maximum Gasteiger partial charge on any atom is 0.319 e. The predicted octanol–water partition coefficient (Wildman–Crippen LogP) is 4.70. The second-order valence-electron chi connectivity index (χ2n) is 8.03. The first-order valence-corrected chi connectivity index (χ1v) is 10.1. The van der Waals surface area contributed by atoms with Crippen LogP contribution in [0.25, 0.3) is 0 Å². The maximum atomic E-state index is 12.4. The lowest BCUT2D eigenvalue weighted by molar-refractivity contribution is 0.0200. The molecule has 0 spiro atoms. The number of nitrogens with zero attached hydrogens (tertiary/aromatic N) is 1. The Morgan fingerprint density at radius 2 is 1.78 bits per heavy atom. The summed E-state index contributed by atoms with van der Waals surface area (Å²) in [5.74, 6) is 0. The van der Waals surface area contributed by atoms with Crippen LogP contribution >= 0.6 is 0 Å². The third-order valence-electron chi connectivity index (χ3n) is 5.95. The van der Waals surface area contributed by atoms with Crippen molar-refractivity contribution in [3.8, 4) is 0 Å². The van der Waals surface area contributed by atoms with Crippen molar-refractivity contribution in [1.82, 2.24) is 10.2 Å². The van der Waals surface area contributed by atoms with Gasteiger partial charge in [0.15, 0.2) is 0 Å². The molecule has 0 radical (unpaired) electrons. The van der Waals surface area contributed by atoms with E-state index in [1.807, 2.05) is 31.2 Å². The van der Waals surface area contributed by atoms with Crippen molar-refractivity contribution in [2.75, 3.05) is 5.32 Å². The highest BCUT2D eigenvalue weighted by Gasteiger charge is 2.38. The molecule has 2 fully saturated rings. The average molecular weight is 364 g/mol. The summed E-state index contributed by atoms with van der Waals surface area (Å²) in [6.45, 7) is 3.06. The highest BCUT2D eigenvalue weighted by molar-refractivity contribution is 5.89. The molecule has 0 saturated carbocycles. The first-order valence-electron chi connectivity index (χ1n) is 10.1. The van der Waals surface area contributed by atoms with Crippen molar-refractivity contribution in [2.45, 2.75) is 63.7 Å². The lowest BCUT2D eigenvalue weighted by Gasteiger charge is -2.49. The van der Waals surface area contributed by atoms with Gasteiger partial charge in [0.25, 0.3) is 0 Å². The number of rotatable bonds is 4. The summed E-state index contributed by atoms with van der Waals surface area (Å²) >= 11 is 0.